The second-order valence-electron chi connectivity index (χ2n) is 7.15. The second-order valence-corrected chi connectivity index (χ2v) is 7.15. The van der Waals surface area contributed by atoms with Crippen molar-refractivity contribution in [3.05, 3.63) is 34.9 Å². The second kappa shape index (κ2) is 5.43. The van der Waals surface area contributed by atoms with Gasteiger partial charge in [0.1, 0.15) is 0 Å². The van der Waals surface area contributed by atoms with Gasteiger partial charge in [0, 0.05) is 31.2 Å². The molecule has 0 aromatic heterocycles. The summed E-state index contributed by atoms with van der Waals surface area (Å²) in [6.07, 6.45) is 4.68. The van der Waals surface area contributed by atoms with E-state index in [0.717, 1.165) is 37.1 Å². The van der Waals surface area contributed by atoms with Gasteiger partial charge in [0.15, 0.2) is 5.78 Å². The van der Waals surface area contributed by atoms with Crippen LogP contribution in [0.25, 0.3) is 0 Å². The van der Waals surface area contributed by atoms with Crippen LogP contribution < -0.4 is 0 Å². The van der Waals surface area contributed by atoms with Crippen LogP contribution in [0.1, 0.15) is 47.2 Å². The van der Waals surface area contributed by atoms with Gasteiger partial charge in [-0.2, -0.15) is 5.26 Å². The lowest BCUT2D eigenvalue weighted by molar-refractivity contribution is 0.0747. The zero-order chi connectivity index (χ0) is 16.0. The molecule has 4 nitrogen and oxygen atoms in total. The number of ketones is 1. The van der Waals surface area contributed by atoms with Gasteiger partial charge in [0.05, 0.1) is 24.3 Å². The fraction of sp³-hybridized carbons (Fsp3) is 0.579. The molecule has 1 saturated carbocycles. The maximum absolute atomic E-state index is 13.1. The summed E-state index contributed by atoms with van der Waals surface area (Å²) in [6.45, 7) is 2.40. The maximum atomic E-state index is 13.1. The Kier molecular flexibility index (Phi) is 3.51. The van der Waals surface area contributed by atoms with Crippen LogP contribution in [0.15, 0.2) is 18.2 Å². The molecule has 3 unspecified atom stereocenters. The first-order valence-corrected chi connectivity index (χ1v) is 8.53. The first-order chi connectivity index (χ1) is 11.2. The molecule has 1 saturated heterocycles. The van der Waals surface area contributed by atoms with E-state index in [2.05, 4.69) is 11.0 Å². The van der Waals surface area contributed by atoms with Crippen molar-refractivity contribution in [3.8, 4) is 6.07 Å². The minimum atomic E-state index is 0.00545. The third kappa shape index (κ3) is 2.00. The zero-order valence-corrected chi connectivity index (χ0v) is 13.5. The third-order valence-corrected chi connectivity index (χ3v) is 6.16. The molecule has 1 aromatic rings. The summed E-state index contributed by atoms with van der Waals surface area (Å²) in [5.41, 5.74) is 2.73. The van der Waals surface area contributed by atoms with Crippen LogP contribution in [-0.4, -0.2) is 43.5 Å². The lowest BCUT2D eigenvalue weighted by Crippen LogP contribution is -2.47. The molecule has 4 rings (SSSR count). The van der Waals surface area contributed by atoms with Crippen molar-refractivity contribution in [2.45, 2.75) is 37.1 Å². The van der Waals surface area contributed by atoms with Crippen molar-refractivity contribution in [3.63, 3.8) is 0 Å². The number of carbonyl (C=O) groups excluding carboxylic acids is 1. The van der Waals surface area contributed by atoms with Crippen LogP contribution in [0.5, 0.6) is 0 Å². The highest BCUT2D eigenvalue weighted by molar-refractivity contribution is 6.04. The third-order valence-electron chi connectivity index (χ3n) is 6.16. The summed E-state index contributed by atoms with van der Waals surface area (Å²) in [7, 11) is 1.71. The van der Waals surface area contributed by atoms with Crippen LogP contribution in [-0.2, 0) is 10.2 Å². The Bertz CT molecular complexity index is 693. The number of likely N-dealkylation sites (tertiary alicyclic amines) is 1. The highest BCUT2D eigenvalue weighted by Gasteiger charge is 2.60. The van der Waals surface area contributed by atoms with Crippen molar-refractivity contribution in [1.82, 2.24) is 4.90 Å². The molecule has 120 valence electrons. The van der Waals surface area contributed by atoms with E-state index in [-0.39, 0.29) is 17.2 Å². The van der Waals surface area contributed by atoms with E-state index in [0.29, 0.717) is 18.1 Å². The Morgan fingerprint density at radius 1 is 1.43 bits per heavy atom. The first-order valence-electron chi connectivity index (χ1n) is 8.53. The fourth-order valence-corrected chi connectivity index (χ4v) is 5.23. The van der Waals surface area contributed by atoms with Gasteiger partial charge in [-0.05, 0) is 42.5 Å². The summed E-state index contributed by atoms with van der Waals surface area (Å²) < 4.78 is 5.26. The average molecular weight is 310 g/mol. The largest absolute Gasteiger partial charge is 0.383 e. The number of carbonyl (C=O) groups is 1. The number of methoxy groups -OCH3 is 1. The number of hydrogen-bond acceptors (Lipinski definition) is 4. The smallest absolute Gasteiger partial charge is 0.180 e. The maximum Gasteiger partial charge on any atom is 0.180 e. The number of Topliss-reactive ketones (excluding diaryl/α,β-unsaturated/α-hetero) is 1. The lowest BCUT2D eigenvalue weighted by Gasteiger charge is -2.44. The van der Waals surface area contributed by atoms with Crippen molar-refractivity contribution >= 4 is 5.78 Å². The Morgan fingerprint density at radius 3 is 3.09 bits per heavy atom. The monoisotopic (exact) mass is 310 g/mol. The molecule has 23 heavy (non-hydrogen) atoms. The van der Waals surface area contributed by atoms with E-state index in [1.807, 2.05) is 12.1 Å². The predicted octanol–water partition coefficient (Wildman–Crippen LogP) is 2.51. The Morgan fingerprint density at radius 2 is 2.30 bits per heavy atom. The number of hydrogen-bond donors (Lipinski definition) is 0. The van der Waals surface area contributed by atoms with Crippen molar-refractivity contribution < 1.29 is 9.53 Å². The predicted molar refractivity (Wildman–Crippen MR) is 86.4 cm³/mol. The van der Waals surface area contributed by atoms with Gasteiger partial charge in [-0.1, -0.05) is 12.8 Å². The standard InChI is InChI=1S/C19H22N2O2/c1-23-9-8-21-12-19-7-3-2-4-15(19)17(21)18(22)14-6-5-13(11-20)10-16(14)19/h5-6,10,15,17H,2-4,7-9,12H2,1H3. The molecule has 1 heterocycles. The number of fused-ring (bicyclic) bond motifs is 1. The van der Waals surface area contributed by atoms with Gasteiger partial charge in [0.2, 0.25) is 0 Å². The van der Waals surface area contributed by atoms with Gasteiger partial charge in [0.25, 0.3) is 0 Å². The molecular weight excluding hydrogens is 288 g/mol. The van der Waals surface area contributed by atoms with Crippen LogP contribution in [0.2, 0.25) is 0 Å². The van der Waals surface area contributed by atoms with Gasteiger partial charge in [-0.3, -0.25) is 9.69 Å². The minimum Gasteiger partial charge on any atom is -0.383 e. The Balaban J connectivity index is 1.85. The SMILES string of the molecule is COCCN1CC23CCCCC2C1C(=O)c1ccc(C#N)cc13. The summed E-state index contributed by atoms with van der Waals surface area (Å²) >= 11 is 0. The number of nitrogens with zero attached hydrogens (tertiary/aromatic N) is 2. The van der Waals surface area contributed by atoms with Crippen LogP contribution in [0.3, 0.4) is 0 Å². The molecule has 0 amide bonds. The molecule has 3 aliphatic rings. The molecule has 4 heteroatoms. The highest BCUT2D eigenvalue weighted by Crippen LogP contribution is 2.56. The van der Waals surface area contributed by atoms with Crippen LogP contribution in [0.4, 0.5) is 0 Å². The Labute approximate surface area is 137 Å². The number of benzene rings is 1. The van der Waals surface area contributed by atoms with Crippen LogP contribution in [0, 0.1) is 17.2 Å². The van der Waals surface area contributed by atoms with E-state index >= 15 is 0 Å². The van der Waals surface area contributed by atoms with Gasteiger partial charge in [-0.15, -0.1) is 0 Å². The molecule has 1 aliphatic heterocycles. The fourth-order valence-electron chi connectivity index (χ4n) is 5.23. The van der Waals surface area contributed by atoms with Gasteiger partial charge < -0.3 is 4.74 Å². The quantitative estimate of drug-likeness (QED) is 0.861. The summed E-state index contributed by atoms with van der Waals surface area (Å²) in [5, 5.41) is 9.27. The molecular formula is C19H22N2O2. The zero-order valence-electron chi connectivity index (χ0n) is 13.5. The summed E-state index contributed by atoms with van der Waals surface area (Å²) in [6, 6.07) is 7.91. The van der Waals surface area contributed by atoms with Gasteiger partial charge in [-0.25, -0.2) is 0 Å². The molecule has 0 radical (unpaired) electrons. The number of ether oxygens (including phenoxy) is 1. The highest BCUT2D eigenvalue weighted by atomic mass is 16.5. The van der Waals surface area contributed by atoms with Crippen molar-refractivity contribution in [2.24, 2.45) is 5.92 Å². The summed E-state index contributed by atoms with van der Waals surface area (Å²) in [4.78, 5) is 15.5. The number of nitriles is 1. The average Bonchev–Trinajstić information content (AvgIpc) is 2.89. The van der Waals surface area contributed by atoms with E-state index in [1.54, 1.807) is 13.2 Å². The molecule has 2 aliphatic carbocycles. The van der Waals surface area contributed by atoms with Crippen molar-refractivity contribution in [2.75, 3.05) is 26.8 Å². The first kappa shape index (κ1) is 14.9. The van der Waals surface area contributed by atoms with E-state index < -0.39 is 0 Å². The van der Waals surface area contributed by atoms with Crippen molar-refractivity contribution in [1.29, 1.82) is 5.26 Å². The molecule has 1 aromatic carbocycles. The van der Waals surface area contributed by atoms with E-state index in [1.165, 1.54) is 12.8 Å². The number of rotatable bonds is 3. The topological polar surface area (TPSA) is 53.3 Å². The molecule has 2 bridgehead atoms. The Hall–Kier alpha value is -1.70. The van der Waals surface area contributed by atoms with E-state index in [4.69, 9.17) is 4.74 Å². The normalized spacial score (nSPS) is 32.3. The molecule has 0 N–H and O–H groups in total. The van der Waals surface area contributed by atoms with E-state index in [9.17, 15) is 10.1 Å². The van der Waals surface area contributed by atoms with Gasteiger partial charge >= 0.3 is 0 Å². The molecule has 0 spiro atoms. The molecule has 2 fully saturated rings. The van der Waals surface area contributed by atoms with Crippen LogP contribution >= 0.6 is 0 Å². The minimum absolute atomic E-state index is 0.00545. The lowest BCUT2D eigenvalue weighted by atomic mass is 9.58. The summed E-state index contributed by atoms with van der Waals surface area (Å²) in [5.74, 6) is 0.655. The molecule has 3 atom stereocenters.